The Morgan fingerprint density at radius 1 is 1.23 bits per heavy atom. The number of hydrogen-bond acceptors (Lipinski definition) is 6. The highest BCUT2D eigenvalue weighted by Gasteiger charge is 2.32. The molecule has 1 unspecified atom stereocenters. The second-order valence-electron chi connectivity index (χ2n) is 6.10. The molecule has 3 rings (SSSR count). The van der Waals surface area contributed by atoms with E-state index in [0.29, 0.717) is 17.9 Å². The van der Waals surface area contributed by atoms with Gasteiger partial charge in [0.05, 0.1) is 33.1 Å². The maximum atomic E-state index is 12.7. The van der Waals surface area contributed by atoms with Gasteiger partial charge in [-0.1, -0.05) is 0 Å². The van der Waals surface area contributed by atoms with Gasteiger partial charge in [-0.25, -0.2) is 4.79 Å². The standard InChI is InChI=1S/C19H22N2O5/c1-24-14-7-5-13(6-8-14)20-18(22)16-4-3-10-21(16)12-17-15(9-11-26-17)19(23)25-2/h5-9,11,16H,3-4,10,12H2,1-2H3,(H,20,22). The Morgan fingerprint density at radius 2 is 2.00 bits per heavy atom. The van der Waals surface area contributed by atoms with Crippen molar-refractivity contribution < 1.29 is 23.5 Å². The van der Waals surface area contributed by atoms with Gasteiger partial charge in [-0.2, -0.15) is 0 Å². The largest absolute Gasteiger partial charge is 0.497 e. The van der Waals surface area contributed by atoms with Gasteiger partial charge >= 0.3 is 5.97 Å². The Balaban J connectivity index is 1.66. The van der Waals surface area contributed by atoms with Crippen LogP contribution in [0.2, 0.25) is 0 Å². The fourth-order valence-corrected chi connectivity index (χ4v) is 3.15. The summed E-state index contributed by atoms with van der Waals surface area (Å²) in [7, 11) is 2.93. The van der Waals surface area contributed by atoms with Crippen LogP contribution < -0.4 is 10.1 Å². The maximum absolute atomic E-state index is 12.7. The Kier molecular flexibility index (Phi) is 5.58. The van der Waals surface area contributed by atoms with E-state index >= 15 is 0 Å². The van der Waals surface area contributed by atoms with E-state index in [2.05, 4.69) is 5.32 Å². The summed E-state index contributed by atoms with van der Waals surface area (Å²) >= 11 is 0. The molecule has 2 aromatic rings. The summed E-state index contributed by atoms with van der Waals surface area (Å²) in [5.74, 6) is 0.741. The highest BCUT2D eigenvalue weighted by Crippen LogP contribution is 2.24. The maximum Gasteiger partial charge on any atom is 0.341 e. The fourth-order valence-electron chi connectivity index (χ4n) is 3.15. The van der Waals surface area contributed by atoms with Gasteiger partial charge in [-0.05, 0) is 49.7 Å². The molecule has 0 aliphatic carbocycles. The van der Waals surface area contributed by atoms with Gasteiger partial charge in [0.1, 0.15) is 17.1 Å². The Morgan fingerprint density at radius 3 is 2.69 bits per heavy atom. The Bertz CT molecular complexity index is 768. The lowest BCUT2D eigenvalue weighted by Gasteiger charge is -2.23. The summed E-state index contributed by atoms with van der Waals surface area (Å²) in [6.07, 6.45) is 3.13. The number of rotatable bonds is 6. The first kappa shape index (κ1) is 18.0. The van der Waals surface area contributed by atoms with Crippen molar-refractivity contribution in [3.63, 3.8) is 0 Å². The number of methoxy groups -OCH3 is 2. The number of ether oxygens (including phenoxy) is 2. The number of esters is 1. The Labute approximate surface area is 151 Å². The second-order valence-corrected chi connectivity index (χ2v) is 6.10. The fraction of sp³-hybridized carbons (Fsp3) is 0.368. The molecular weight excluding hydrogens is 336 g/mol. The van der Waals surface area contributed by atoms with E-state index in [9.17, 15) is 9.59 Å². The number of benzene rings is 1. The van der Waals surface area contributed by atoms with Gasteiger partial charge in [-0.15, -0.1) is 0 Å². The normalized spacial score (nSPS) is 17.1. The van der Waals surface area contributed by atoms with Gasteiger partial charge in [0.2, 0.25) is 5.91 Å². The van der Waals surface area contributed by atoms with Crippen LogP contribution in [0.3, 0.4) is 0 Å². The second kappa shape index (κ2) is 8.05. The molecular formula is C19H22N2O5. The summed E-state index contributed by atoms with van der Waals surface area (Å²) in [4.78, 5) is 26.5. The van der Waals surface area contributed by atoms with E-state index in [-0.39, 0.29) is 11.9 Å². The van der Waals surface area contributed by atoms with Gasteiger partial charge in [-0.3, -0.25) is 9.69 Å². The number of nitrogens with zero attached hydrogens (tertiary/aromatic N) is 1. The molecule has 1 aromatic heterocycles. The molecule has 1 aliphatic heterocycles. The van der Waals surface area contributed by atoms with Crippen LogP contribution in [-0.2, 0) is 16.1 Å². The predicted molar refractivity (Wildman–Crippen MR) is 95.1 cm³/mol. The number of furan rings is 1. The van der Waals surface area contributed by atoms with Crippen LogP contribution in [0.25, 0.3) is 0 Å². The first-order valence-corrected chi connectivity index (χ1v) is 8.46. The highest BCUT2D eigenvalue weighted by molar-refractivity contribution is 5.95. The molecule has 1 amide bonds. The van der Waals surface area contributed by atoms with Crippen molar-refractivity contribution in [3.05, 3.63) is 47.9 Å². The molecule has 2 heterocycles. The van der Waals surface area contributed by atoms with Crippen molar-refractivity contribution in [1.29, 1.82) is 0 Å². The molecule has 1 fully saturated rings. The molecule has 1 N–H and O–H groups in total. The number of carbonyl (C=O) groups is 2. The summed E-state index contributed by atoms with van der Waals surface area (Å²) in [6.45, 7) is 1.15. The molecule has 138 valence electrons. The summed E-state index contributed by atoms with van der Waals surface area (Å²) in [5.41, 5.74) is 1.12. The average molecular weight is 358 g/mol. The lowest BCUT2D eigenvalue weighted by atomic mass is 10.2. The quantitative estimate of drug-likeness (QED) is 0.800. The molecule has 1 aromatic carbocycles. The summed E-state index contributed by atoms with van der Waals surface area (Å²) < 4.78 is 15.3. The highest BCUT2D eigenvalue weighted by atomic mass is 16.5. The number of carbonyl (C=O) groups excluding carboxylic acids is 2. The van der Waals surface area contributed by atoms with E-state index in [1.807, 2.05) is 4.90 Å². The molecule has 0 saturated carbocycles. The molecule has 0 spiro atoms. The van der Waals surface area contributed by atoms with Crippen LogP contribution in [0.1, 0.15) is 29.0 Å². The lowest BCUT2D eigenvalue weighted by molar-refractivity contribution is -0.120. The van der Waals surface area contributed by atoms with Crippen molar-refractivity contribution in [2.45, 2.75) is 25.4 Å². The van der Waals surface area contributed by atoms with Gasteiger partial charge in [0.15, 0.2) is 0 Å². The number of hydrogen-bond donors (Lipinski definition) is 1. The first-order valence-electron chi connectivity index (χ1n) is 8.46. The van der Waals surface area contributed by atoms with Crippen LogP contribution >= 0.6 is 0 Å². The zero-order valence-corrected chi connectivity index (χ0v) is 14.9. The predicted octanol–water partition coefficient (Wildman–Crippen LogP) is 2.68. The van der Waals surface area contributed by atoms with Crippen LogP contribution in [0.15, 0.2) is 41.0 Å². The molecule has 1 atom stereocenters. The molecule has 1 saturated heterocycles. The first-order chi connectivity index (χ1) is 12.6. The minimum Gasteiger partial charge on any atom is -0.497 e. The van der Waals surface area contributed by atoms with Crippen molar-refractivity contribution in [2.75, 3.05) is 26.1 Å². The average Bonchev–Trinajstić information content (AvgIpc) is 3.31. The minimum atomic E-state index is -0.438. The van der Waals surface area contributed by atoms with E-state index in [4.69, 9.17) is 13.9 Å². The topological polar surface area (TPSA) is 81.0 Å². The van der Waals surface area contributed by atoms with Crippen molar-refractivity contribution in [1.82, 2.24) is 4.90 Å². The van der Waals surface area contributed by atoms with Gasteiger partial charge in [0.25, 0.3) is 0 Å². The van der Waals surface area contributed by atoms with E-state index in [1.54, 1.807) is 37.4 Å². The third-order valence-corrected chi connectivity index (χ3v) is 4.52. The molecule has 26 heavy (non-hydrogen) atoms. The van der Waals surface area contributed by atoms with Gasteiger partial charge in [0, 0.05) is 5.69 Å². The van der Waals surface area contributed by atoms with Crippen molar-refractivity contribution in [2.24, 2.45) is 0 Å². The van der Waals surface area contributed by atoms with Crippen LogP contribution in [0.5, 0.6) is 5.75 Å². The van der Waals surface area contributed by atoms with E-state index in [1.165, 1.54) is 13.4 Å². The van der Waals surface area contributed by atoms with Gasteiger partial charge < -0.3 is 19.2 Å². The molecule has 7 nitrogen and oxygen atoms in total. The van der Waals surface area contributed by atoms with Crippen molar-refractivity contribution >= 4 is 17.6 Å². The smallest absolute Gasteiger partial charge is 0.341 e. The Hall–Kier alpha value is -2.80. The lowest BCUT2D eigenvalue weighted by Crippen LogP contribution is -2.39. The molecule has 0 radical (unpaired) electrons. The monoisotopic (exact) mass is 358 g/mol. The summed E-state index contributed by atoms with van der Waals surface area (Å²) in [6, 6.07) is 8.52. The SMILES string of the molecule is COC(=O)c1ccoc1CN1CCCC1C(=O)Nc1ccc(OC)cc1. The third kappa shape index (κ3) is 3.88. The van der Waals surface area contributed by atoms with Crippen molar-refractivity contribution in [3.8, 4) is 5.75 Å². The minimum absolute atomic E-state index is 0.0705. The molecule has 1 aliphatic rings. The molecule has 0 bridgehead atoms. The number of likely N-dealkylation sites (tertiary alicyclic amines) is 1. The van der Waals surface area contributed by atoms with E-state index in [0.717, 1.165) is 30.8 Å². The number of anilines is 1. The van der Waals surface area contributed by atoms with Crippen LogP contribution in [-0.4, -0.2) is 43.6 Å². The van der Waals surface area contributed by atoms with Crippen LogP contribution in [0.4, 0.5) is 5.69 Å². The number of amides is 1. The third-order valence-electron chi connectivity index (χ3n) is 4.52. The zero-order valence-electron chi connectivity index (χ0n) is 14.9. The summed E-state index contributed by atoms with van der Waals surface area (Å²) in [5, 5.41) is 2.93. The molecule has 7 heteroatoms. The van der Waals surface area contributed by atoms with Crippen LogP contribution in [0, 0.1) is 0 Å². The number of nitrogens with one attached hydrogen (secondary N) is 1. The van der Waals surface area contributed by atoms with E-state index < -0.39 is 5.97 Å². The zero-order chi connectivity index (χ0) is 18.5.